The summed E-state index contributed by atoms with van der Waals surface area (Å²) in [4.78, 5) is 25.7. The third-order valence-electron chi connectivity index (χ3n) is 6.08. The number of para-hydroxylation sites is 1. The number of nitrogens with zero attached hydrogens (tertiary/aromatic N) is 1. The third-order valence-corrected chi connectivity index (χ3v) is 8.01. The highest BCUT2D eigenvalue weighted by Crippen LogP contribution is 2.34. The van der Waals surface area contributed by atoms with Crippen LogP contribution in [0, 0.1) is 0 Å². The number of sulfonamides is 1. The predicted molar refractivity (Wildman–Crippen MR) is 150 cm³/mol. The maximum Gasteiger partial charge on any atom is 0.255 e. The lowest BCUT2D eigenvalue weighted by molar-refractivity contribution is 0.0858. The fraction of sp³-hybridized carbons (Fsp3) is 0.259. The summed E-state index contributed by atoms with van der Waals surface area (Å²) in [6.07, 6.45) is 2.98. The molecule has 1 aliphatic rings. The first kappa shape index (κ1) is 27.9. The van der Waals surface area contributed by atoms with Crippen molar-refractivity contribution < 1.29 is 22.7 Å². The number of amides is 2. The van der Waals surface area contributed by atoms with Crippen LogP contribution >= 0.6 is 23.2 Å². The van der Waals surface area contributed by atoms with Gasteiger partial charge in [0.25, 0.3) is 11.8 Å². The molecule has 4 rings (SSSR count). The second kappa shape index (κ2) is 12.2. The molecule has 11 heteroatoms. The van der Waals surface area contributed by atoms with Gasteiger partial charge in [-0.3, -0.25) is 13.9 Å². The van der Waals surface area contributed by atoms with Crippen molar-refractivity contribution >= 4 is 56.4 Å². The highest BCUT2D eigenvalue weighted by Gasteiger charge is 2.22. The Morgan fingerprint density at radius 2 is 1.74 bits per heavy atom. The number of halogens is 2. The van der Waals surface area contributed by atoms with Crippen LogP contribution in [0.15, 0.2) is 66.7 Å². The Kier molecular flexibility index (Phi) is 8.94. The van der Waals surface area contributed by atoms with E-state index in [9.17, 15) is 18.0 Å². The van der Waals surface area contributed by atoms with Gasteiger partial charge in [0.2, 0.25) is 10.0 Å². The molecule has 2 amide bonds. The molecule has 1 heterocycles. The fourth-order valence-corrected chi connectivity index (χ4v) is 5.43. The van der Waals surface area contributed by atoms with Crippen LogP contribution in [0.2, 0.25) is 10.0 Å². The van der Waals surface area contributed by atoms with Crippen molar-refractivity contribution in [2.75, 3.05) is 29.0 Å². The van der Waals surface area contributed by atoms with E-state index in [1.54, 1.807) is 66.7 Å². The van der Waals surface area contributed by atoms with Gasteiger partial charge in [0, 0.05) is 18.7 Å². The lowest BCUT2D eigenvalue weighted by atomic mass is 10.1. The maximum absolute atomic E-state index is 13.0. The number of hydrogen-bond donors (Lipinski definition) is 2. The summed E-state index contributed by atoms with van der Waals surface area (Å²) in [7, 11) is -3.68. The van der Waals surface area contributed by atoms with Crippen molar-refractivity contribution in [1.29, 1.82) is 0 Å². The van der Waals surface area contributed by atoms with Crippen molar-refractivity contribution in [3.05, 3.63) is 93.5 Å². The van der Waals surface area contributed by atoms with E-state index in [0.29, 0.717) is 35.5 Å². The Morgan fingerprint density at radius 3 is 2.42 bits per heavy atom. The van der Waals surface area contributed by atoms with Gasteiger partial charge in [-0.1, -0.05) is 53.5 Å². The monoisotopic (exact) mass is 575 g/mol. The SMILES string of the molecule is CS(=O)(=O)N(Cc1ccc(C(=O)Nc2ccccc2C(=O)NCC2CCCO2)cc1)c1cccc(Cl)c1Cl. The number of anilines is 2. The van der Waals surface area contributed by atoms with Crippen LogP contribution in [0.1, 0.15) is 39.1 Å². The molecule has 0 aliphatic carbocycles. The summed E-state index contributed by atoms with van der Waals surface area (Å²) in [5.74, 6) is -0.707. The Hall–Kier alpha value is -3.11. The van der Waals surface area contributed by atoms with Crippen molar-refractivity contribution in [2.24, 2.45) is 0 Å². The normalized spacial score (nSPS) is 15.2. The van der Waals surface area contributed by atoms with Gasteiger partial charge in [-0.2, -0.15) is 0 Å². The molecular formula is C27H27Cl2N3O5S. The summed E-state index contributed by atoms with van der Waals surface area (Å²) in [6, 6.07) is 18.0. The molecule has 0 saturated carbocycles. The molecule has 1 unspecified atom stereocenters. The number of ether oxygens (including phenoxy) is 1. The summed E-state index contributed by atoms with van der Waals surface area (Å²) in [5, 5.41) is 6.03. The Morgan fingerprint density at radius 1 is 1.00 bits per heavy atom. The minimum atomic E-state index is -3.68. The molecule has 3 aromatic rings. The van der Waals surface area contributed by atoms with Crippen molar-refractivity contribution in [3.63, 3.8) is 0 Å². The second-order valence-electron chi connectivity index (χ2n) is 8.88. The van der Waals surface area contributed by atoms with Crippen molar-refractivity contribution in [2.45, 2.75) is 25.5 Å². The molecule has 1 fully saturated rings. The zero-order valence-electron chi connectivity index (χ0n) is 20.6. The average molecular weight is 577 g/mol. The molecule has 0 bridgehead atoms. The van der Waals surface area contributed by atoms with Gasteiger partial charge in [0.1, 0.15) is 0 Å². The summed E-state index contributed by atoms with van der Waals surface area (Å²) < 4.78 is 31.7. The molecule has 3 aromatic carbocycles. The van der Waals surface area contributed by atoms with E-state index in [-0.39, 0.29) is 34.3 Å². The fourth-order valence-electron chi connectivity index (χ4n) is 4.09. The zero-order chi connectivity index (χ0) is 27.3. The minimum Gasteiger partial charge on any atom is -0.376 e. The van der Waals surface area contributed by atoms with Gasteiger partial charge < -0.3 is 15.4 Å². The Balaban J connectivity index is 1.46. The second-order valence-corrected chi connectivity index (χ2v) is 11.6. The third kappa shape index (κ3) is 6.85. The molecule has 2 N–H and O–H groups in total. The molecule has 38 heavy (non-hydrogen) atoms. The summed E-state index contributed by atoms with van der Waals surface area (Å²) in [5.41, 5.74) is 1.97. The summed E-state index contributed by atoms with van der Waals surface area (Å²) >= 11 is 12.3. The standard InChI is InChI=1S/C27H27Cl2N3O5S/c1-38(35,36)32(24-10-4-8-22(28)25(24)29)17-18-11-13-19(14-12-18)26(33)31-23-9-3-2-7-21(23)27(34)30-16-20-6-5-15-37-20/h2-4,7-14,20H,5-6,15-17H2,1H3,(H,30,34)(H,31,33). The number of nitrogens with one attached hydrogen (secondary N) is 2. The minimum absolute atomic E-state index is 0.00545. The van der Waals surface area contributed by atoms with E-state index in [4.69, 9.17) is 27.9 Å². The Bertz CT molecular complexity index is 1420. The number of benzene rings is 3. The van der Waals surface area contributed by atoms with E-state index in [0.717, 1.165) is 23.4 Å². The van der Waals surface area contributed by atoms with Crippen molar-refractivity contribution in [3.8, 4) is 0 Å². The molecule has 0 spiro atoms. The topological polar surface area (TPSA) is 105 Å². The molecule has 0 aromatic heterocycles. The van der Waals surface area contributed by atoms with Gasteiger partial charge in [-0.15, -0.1) is 0 Å². The van der Waals surface area contributed by atoms with E-state index < -0.39 is 15.9 Å². The van der Waals surface area contributed by atoms with E-state index >= 15 is 0 Å². The van der Waals surface area contributed by atoms with Gasteiger partial charge in [-0.05, 0) is 54.8 Å². The molecule has 1 aliphatic heterocycles. The van der Waals surface area contributed by atoms with Crippen LogP contribution in [-0.2, 0) is 21.3 Å². The largest absolute Gasteiger partial charge is 0.376 e. The van der Waals surface area contributed by atoms with Crippen LogP contribution in [0.5, 0.6) is 0 Å². The van der Waals surface area contributed by atoms with E-state index in [1.807, 2.05) is 0 Å². The first-order chi connectivity index (χ1) is 18.1. The number of carbonyl (C=O) groups excluding carboxylic acids is 2. The number of carbonyl (C=O) groups is 2. The molecular weight excluding hydrogens is 549 g/mol. The molecule has 200 valence electrons. The van der Waals surface area contributed by atoms with E-state index in [2.05, 4.69) is 10.6 Å². The van der Waals surface area contributed by atoms with Crippen LogP contribution in [0.4, 0.5) is 11.4 Å². The molecule has 1 atom stereocenters. The van der Waals surface area contributed by atoms with Crippen LogP contribution in [0.3, 0.4) is 0 Å². The summed E-state index contributed by atoms with van der Waals surface area (Å²) in [6.45, 7) is 1.11. The number of hydrogen-bond acceptors (Lipinski definition) is 5. The highest BCUT2D eigenvalue weighted by molar-refractivity contribution is 7.92. The van der Waals surface area contributed by atoms with E-state index in [1.165, 1.54) is 0 Å². The van der Waals surface area contributed by atoms with Crippen molar-refractivity contribution in [1.82, 2.24) is 5.32 Å². The predicted octanol–water partition coefficient (Wildman–Crippen LogP) is 5.12. The van der Waals surface area contributed by atoms with Gasteiger partial charge >= 0.3 is 0 Å². The lowest BCUT2D eigenvalue weighted by Crippen LogP contribution is -2.32. The Labute approximate surface area is 231 Å². The molecule has 0 radical (unpaired) electrons. The zero-order valence-corrected chi connectivity index (χ0v) is 22.9. The van der Waals surface area contributed by atoms with Crippen LogP contribution in [-0.4, -0.2) is 45.7 Å². The van der Waals surface area contributed by atoms with Gasteiger partial charge in [0.15, 0.2) is 0 Å². The lowest BCUT2D eigenvalue weighted by Gasteiger charge is -2.24. The van der Waals surface area contributed by atoms with Crippen LogP contribution in [0.25, 0.3) is 0 Å². The first-order valence-electron chi connectivity index (χ1n) is 11.9. The first-order valence-corrected chi connectivity index (χ1v) is 14.5. The molecule has 8 nitrogen and oxygen atoms in total. The highest BCUT2D eigenvalue weighted by atomic mass is 35.5. The molecule has 1 saturated heterocycles. The maximum atomic E-state index is 13.0. The smallest absolute Gasteiger partial charge is 0.255 e. The number of rotatable bonds is 9. The van der Waals surface area contributed by atoms with Crippen LogP contribution < -0.4 is 14.9 Å². The van der Waals surface area contributed by atoms with Gasteiger partial charge in [-0.25, -0.2) is 8.42 Å². The van der Waals surface area contributed by atoms with Gasteiger partial charge in [0.05, 0.1) is 45.9 Å². The quantitative estimate of drug-likeness (QED) is 0.368. The average Bonchev–Trinajstić information content (AvgIpc) is 3.41.